The second-order valence-corrected chi connectivity index (χ2v) is 8.86. The Bertz CT molecular complexity index is 1080. The maximum atomic E-state index is 13.0. The van der Waals surface area contributed by atoms with Crippen molar-refractivity contribution in [2.45, 2.75) is 37.0 Å². The number of sulfonamides is 1. The molecule has 0 bridgehead atoms. The maximum Gasteiger partial charge on any atom is 0.316 e. The van der Waals surface area contributed by atoms with Crippen LogP contribution >= 0.6 is 0 Å². The van der Waals surface area contributed by atoms with E-state index in [0.29, 0.717) is 31.7 Å². The van der Waals surface area contributed by atoms with Crippen molar-refractivity contribution in [3.63, 3.8) is 0 Å². The summed E-state index contributed by atoms with van der Waals surface area (Å²) in [6.45, 7) is 4.28. The van der Waals surface area contributed by atoms with E-state index < -0.39 is 15.4 Å². The van der Waals surface area contributed by atoms with Crippen LogP contribution in [0.15, 0.2) is 47.4 Å². The summed E-state index contributed by atoms with van der Waals surface area (Å²) in [7, 11) is -2.67. The molecule has 0 radical (unpaired) electrons. The molecule has 166 valence electrons. The van der Waals surface area contributed by atoms with Crippen LogP contribution in [0.5, 0.6) is 5.75 Å². The van der Waals surface area contributed by atoms with E-state index in [1.165, 1.54) is 25.3 Å². The van der Waals surface area contributed by atoms with Gasteiger partial charge in [-0.05, 0) is 62.6 Å². The minimum atomic E-state index is -4.03. The van der Waals surface area contributed by atoms with Crippen molar-refractivity contribution in [3.05, 3.63) is 53.6 Å². The third kappa shape index (κ3) is 4.66. The normalized spacial score (nSPS) is 14.4. The molecule has 2 aromatic rings. The van der Waals surface area contributed by atoms with Gasteiger partial charge in [0.05, 0.1) is 19.1 Å². The number of nitrogens with one attached hydrogen (secondary N) is 2. The molecule has 2 N–H and O–H groups in total. The van der Waals surface area contributed by atoms with Crippen LogP contribution in [0.25, 0.3) is 0 Å². The Labute approximate surface area is 182 Å². The molecule has 0 spiro atoms. The Morgan fingerprint density at radius 2 is 1.74 bits per heavy atom. The Morgan fingerprint density at radius 1 is 1.06 bits per heavy atom. The van der Waals surface area contributed by atoms with E-state index in [1.807, 2.05) is 0 Å². The van der Waals surface area contributed by atoms with E-state index >= 15 is 0 Å². The van der Waals surface area contributed by atoms with Crippen LogP contribution in [0.2, 0.25) is 0 Å². The molecule has 31 heavy (non-hydrogen) atoms. The van der Waals surface area contributed by atoms with E-state index in [9.17, 15) is 18.0 Å². The zero-order valence-corrected chi connectivity index (χ0v) is 18.5. The van der Waals surface area contributed by atoms with Crippen molar-refractivity contribution in [1.29, 1.82) is 0 Å². The fraction of sp³-hybridized carbons (Fsp3) is 0.364. The summed E-state index contributed by atoms with van der Waals surface area (Å²) in [4.78, 5) is 24.2. The van der Waals surface area contributed by atoms with E-state index in [2.05, 4.69) is 10.0 Å². The smallest absolute Gasteiger partial charge is 0.316 e. The first kappa shape index (κ1) is 22.6. The fourth-order valence-electron chi connectivity index (χ4n) is 3.36. The van der Waals surface area contributed by atoms with Crippen molar-refractivity contribution in [2.75, 3.05) is 25.0 Å². The molecule has 8 nitrogen and oxygen atoms in total. The number of carbonyl (C=O) groups excluding carboxylic acids is 2. The van der Waals surface area contributed by atoms with Gasteiger partial charge < -0.3 is 14.8 Å². The van der Waals surface area contributed by atoms with Crippen molar-refractivity contribution in [3.8, 4) is 5.75 Å². The molecule has 0 aliphatic heterocycles. The number of benzene rings is 2. The number of ether oxygens (including phenoxy) is 2. The highest BCUT2D eigenvalue weighted by Crippen LogP contribution is 2.49. The van der Waals surface area contributed by atoms with Crippen molar-refractivity contribution >= 4 is 27.6 Å². The molecule has 1 fully saturated rings. The first-order chi connectivity index (χ1) is 14.8. The van der Waals surface area contributed by atoms with Gasteiger partial charge in [-0.25, -0.2) is 8.42 Å². The number of methoxy groups -OCH3 is 1. The molecule has 3 rings (SSSR count). The summed E-state index contributed by atoms with van der Waals surface area (Å²) in [5, 5.41) is 2.64. The number of anilines is 1. The average Bonchev–Trinajstić information content (AvgIpc) is 3.56. The van der Waals surface area contributed by atoms with Crippen molar-refractivity contribution in [1.82, 2.24) is 5.32 Å². The van der Waals surface area contributed by atoms with Gasteiger partial charge in [0.2, 0.25) is 0 Å². The van der Waals surface area contributed by atoms with Gasteiger partial charge in [0.25, 0.3) is 15.9 Å². The monoisotopic (exact) mass is 446 g/mol. The highest BCUT2D eigenvalue weighted by atomic mass is 32.2. The number of rotatable bonds is 9. The zero-order chi connectivity index (χ0) is 22.6. The number of amides is 1. The van der Waals surface area contributed by atoms with Crippen LogP contribution in [0.4, 0.5) is 5.69 Å². The SMILES string of the molecule is CCNC(=O)c1ccc(OC)c(S(=O)(=O)Nc2ccc(C3(C(=O)OCC)CC3)cc2)c1. The van der Waals surface area contributed by atoms with Gasteiger partial charge in [-0.15, -0.1) is 0 Å². The Kier molecular flexibility index (Phi) is 6.54. The van der Waals surface area contributed by atoms with E-state index in [-0.39, 0.29) is 28.1 Å². The molecule has 2 aromatic carbocycles. The number of carbonyl (C=O) groups is 2. The highest BCUT2D eigenvalue weighted by Gasteiger charge is 2.52. The number of hydrogen-bond donors (Lipinski definition) is 2. The largest absolute Gasteiger partial charge is 0.495 e. The zero-order valence-electron chi connectivity index (χ0n) is 17.7. The van der Waals surface area contributed by atoms with Gasteiger partial charge in [-0.2, -0.15) is 0 Å². The lowest BCUT2D eigenvalue weighted by Gasteiger charge is -2.16. The van der Waals surface area contributed by atoms with Gasteiger partial charge >= 0.3 is 5.97 Å². The summed E-state index contributed by atoms with van der Waals surface area (Å²) in [5.74, 6) is -0.508. The molecule has 0 unspecified atom stereocenters. The molecule has 1 amide bonds. The van der Waals surface area contributed by atoms with Crippen LogP contribution in [0.3, 0.4) is 0 Å². The second-order valence-electron chi connectivity index (χ2n) is 7.21. The standard InChI is InChI=1S/C22H26N2O6S/c1-4-23-20(25)15-6-11-18(29-3)19(14-15)31(27,28)24-17-9-7-16(8-10-17)22(12-13-22)21(26)30-5-2/h6-11,14,24H,4-5,12-13H2,1-3H3,(H,23,25). The predicted molar refractivity (Wildman–Crippen MR) is 116 cm³/mol. The molecule has 1 saturated carbocycles. The molecule has 1 aliphatic rings. The highest BCUT2D eigenvalue weighted by molar-refractivity contribution is 7.92. The molecular weight excluding hydrogens is 420 g/mol. The lowest BCUT2D eigenvalue weighted by atomic mass is 9.96. The Morgan fingerprint density at radius 3 is 2.29 bits per heavy atom. The van der Waals surface area contributed by atoms with Crippen LogP contribution in [0.1, 0.15) is 42.6 Å². The van der Waals surface area contributed by atoms with Gasteiger partial charge in [0, 0.05) is 17.8 Å². The van der Waals surface area contributed by atoms with Gasteiger partial charge in [-0.1, -0.05) is 12.1 Å². The molecule has 1 aliphatic carbocycles. The molecule has 0 aromatic heterocycles. The Hall–Kier alpha value is -3.07. The Balaban J connectivity index is 1.85. The summed E-state index contributed by atoms with van der Waals surface area (Å²) >= 11 is 0. The maximum absolute atomic E-state index is 13.0. The van der Waals surface area contributed by atoms with Crippen LogP contribution in [0, 0.1) is 0 Å². The van der Waals surface area contributed by atoms with E-state index in [0.717, 1.165) is 5.56 Å². The quantitative estimate of drug-likeness (QED) is 0.573. The summed E-state index contributed by atoms with van der Waals surface area (Å²) in [6.07, 6.45) is 1.42. The van der Waals surface area contributed by atoms with Gasteiger partial charge in [0.1, 0.15) is 10.6 Å². The molecular formula is C22H26N2O6S. The summed E-state index contributed by atoms with van der Waals surface area (Å²) < 4.78 is 38.9. The van der Waals surface area contributed by atoms with E-state index in [1.54, 1.807) is 38.1 Å². The molecule has 0 heterocycles. The first-order valence-electron chi connectivity index (χ1n) is 10.0. The van der Waals surface area contributed by atoms with Gasteiger partial charge in [-0.3, -0.25) is 14.3 Å². The van der Waals surface area contributed by atoms with Crippen LogP contribution < -0.4 is 14.8 Å². The average molecular weight is 447 g/mol. The summed E-state index contributed by atoms with van der Waals surface area (Å²) in [6, 6.07) is 10.9. The van der Waals surface area contributed by atoms with Gasteiger partial charge in [0.15, 0.2) is 0 Å². The van der Waals surface area contributed by atoms with E-state index in [4.69, 9.17) is 9.47 Å². The molecule has 0 atom stereocenters. The number of hydrogen-bond acceptors (Lipinski definition) is 6. The lowest BCUT2D eigenvalue weighted by Crippen LogP contribution is -2.23. The summed E-state index contributed by atoms with van der Waals surface area (Å²) in [5.41, 5.74) is 0.708. The minimum Gasteiger partial charge on any atom is -0.495 e. The lowest BCUT2D eigenvalue weighted by molar-refractivity contribution is -0.146. The first-order valence-corrected chi connectivity index (χ1v) is 11.5. The second kappa shape index (κ2) is 8.97. The van der Waals surface area contributed by atoms with Crippen LogP contribution in [-0.2, 0) is 25.0 Å². The third-order valence-corrected chi connectivity index (χ3v) is 6.56. The fourth-order valence-corrected chi connectivity index (χ4v) is 4.62. The topological polar surface area (TPSA) is 111 Å². The number of esters is 1. The minimum absolute atomic E-state index is 0.122. The third-order valence-electron chi connectivity index (χ3n) is 5.16. The van der Waals surface area contributed by atoms with Crippen molar-refractivity contribution in [2.24, 2.45) is 0 Å². The molecule has 0 saturated heterocycles. The van der Waals surface area contributed by atoms with Crippen molar-refractivity contribution < 1.29 is 27.5 Å². The van der Waals surface area contributed by atoms with Crippen LogP contribution in [-0.4, -0.2) is 40.6 Å². The predicted octanol–water partition coefficient (Wildman–Crippen LogP) is 2.84. The molecule has 9 heteroatoms.